The molecule has 0 saturated carbocycles. The number of benzene rings is 2. The molecule has 0 aliphatic carbocycles. The third-order valence-corrected chi connectivity index (χ3v) is 2.93. The van der Waals surface area contributed by atoms with Gasteiger partial charge in [-0.15, -0.1) is 0 Å². The maximum Gasteiger partial charge on any atom is 0.322 e. The summed E-state index contributed by atoms with van der Waals surface area (Å²) in [6, 6.07) is 8.19. The van der Waals surface area contributed by atoms with Gasteiger partial charge >= 0.3 is 11.4 Å². The topological polar surface area (TPSA) is 35.5 Å². The molecule has 2 aromatic carbocycles. The lowest BCUT2D eigenvalue weighted by Crippen LogP contribution is -2.13. The molecule has 128 valence electrons. The first-order chi connectivity index (χ1) is 11.2. The molecule has 0 bridgehead atoms. The van der Waals surface area contributed by atoms with Gasteiger partial charge in [0.15, 0.2) is 0 Å². The van der Waals surface area contributed by atoms with E-state index < -0.39 is 35.8 Å². The highest BCUT2D eigenvalue weighted by molar-refractivity contribution is 6.21. The number of hydrogen-bond donors (Lipinski definition) is 0. The van der Waals surface area contributed by atoms with Crippen molar-refractivity contribution >= 4 is 17.6 Å². The summed E-state index contributed by atoms with van der Waals surface area (Å²) in [7, 11) is 0. The fourth-order valence-electron chi connectivity index (χ4n) is 1.73. The minimum absolute atomic E-state index is 0.0402. The van der Waals surface area contributed by atoms with Crippen molar-refractivity contribution < 1.29 is 31.8 Å². The van der Waals surface area contributed by atoms with Gasteiger partial charge in [0.05, 0.1) is 6.42 Å². The van der Waals surface area contributed by atoms with Gasteiger partial charge in [0.1, 0.15) is 28.9 Å². The second-order valence-electron chi connectivity index (χ2n) is 4.77. The molecule has 0 fully saturated rings. The molecule has 0 saturated heterocycles. The van der Waals surface area contributed by atoms with Crippen LogP contribution in [0.1, 0.15) is 12.8 Å². The van der Waals surface area contributed by atoms with E-state index in [9.17, 15) is 22.4 Å². The van der Waals surface area contributed by atoms with E-state index >= 15 is 0 Å². The first-order valence-corrected chi connectivity index (χ1v) is 7.10. The smallest absolute Gasteiger partial charge is 0.322 e. The predicted molar refractivity (Wildman–Crippen MR) is 78.5 cm³/mol. The minimum atomic E-state index is -3.46. The monoisotopic (exact) mass is 362 g/mol. The van der Waals surface area contributed by atoms with E-state index in [1.807, 2.05) is 0 Å². The van der Waals surface area contributed by atoms with Gasteiger partial charge in [-0.1, -0.05) is 0 Å². The van der Waals surface area contributed by atoms with Crippen molar-refractivity contribution in [1.82, 2.24) is 0 Å². The number of ether oxygens (including phenoxy) is 2. The highest BCUT2D eigenvalue weighted by Gasteiger charge is 2.26. The van der Waals surface area contributed by atoms with Crippen LogP contribution in [0.5, 0.6) is 17.2 Å². The van der Waals surface area contributed by atoms with Crippen molar-refractivity contribution in [3.8, 4) is 17.2 Å². The van der Waals surface area contributed by atoms with Crippen LogP contribution in [-0.4, -0.2) is 11.4 Å². The van der Waals surface area contributed by atoms with Crippen LogP contribution in [0.2, 0.25) is 0 Å². The number of alkyl halides is 3. The molecule has 0 atom stereocenters. The van der Waals surface area contributed by atoms with Gasteiger partial charge in [-0.25, -0.2) is 8.78 Å². The lowest BCUT2D eigenvalue weighted by atomic mass is 10.3. The zero-order valence-corrected chi connectivity index (χ0v) is 12.8. The standard InChI is InChI=1S/C16H11ClF4O3/c17-16(20,21)6-5-15(22)24-13-3-1-12(2-4-13)23-14-8-10(18)7-11(19)9-14/h1-4,7-9H,5-6H2. The van der Waals surface area contributed by atoms with Crippen LogP contribution < -0.4 is 9.47 Å². The third-order valence-electron chi connectivity index (χ3n) is 2.74. The van der Waals surface area contributed by atoms with Gasteiger partial charge in [0.2, 0.25) is 0 Å². The Bertz CT molecular complexity index is 694. The number of carbonyl (C=O) groups is 1. The fraction of sp³-hybridized carbons (Fsp3) is 0.188. The summed E-state index contributed by atoms with van der Waals surface area (Å²) >= 11 is 4.69. The molecule has 3 nitrogen and oxygen atoms in total. The van der Waals surface area contributed by atoms with Gasteiger partial charge in [0.25, 0.3) is 0 Å². The fourth-order valence-corrected chi connectivity index (χ4v) is 1.82. The summed E-state index contributed by atoms with van der Waals surface area (Å²) in [5, 5.41) is -3.46. The Balaban J connectivity index is 1.94. The Labute approximate surface area is 139 Å². The Morgan fingerprint density at radius 1 is 0.958 bits per heavy atom. The molecule has 0 aliphatic rings. The molecule has 0 N–H and O–H groups in total. The SMILES string of the molecule is O=C(CCC(F)(F)Cl)Oc1ccc(Oc2cc(F)cc(F)c2)cc1. The van der Waals surface area contributed by atoms with E-state index in [0.717, 1.165) is 12.1 Å². The molecule has 0 spiro atoms. The minimum Gasteiger partial charge on any atom is -0.457 e. The summed E-state index contributed by atoms with van der Waals surface area (Å²) in [4.78, 5) is 11.4. The predicted octanol–water partition coefficient (Wildman–Crippen LogP) is 5.27. The first-order valence-electron chi connectivity index (χ1n) is 6.73. The zero-order chi connectivity index (χ0) is 17.7. The molecule has 2 aromatic rings. The van der Waals surface area contributed by atoms with E-state index in [1.165, 1.54) is 24.3 Å². The Hall–Kier alpha value is -2.28. The average molecular weight is 363 g/mol. The summed E-state index contributed by atoms with van der Waals surface area (Å²) in [5.41, 5.74) is 0. The molecular formula is C16H11ClF4O3. The lowest BCUT2D eigenvalue weighted by Gasteiger charge is -2.09. The second kappa shape index (κ2) is 7.53. The quantitative estimate of drug-likeness (QED) is 0.304. The summed E-state index contributed by atoms with van der Waals surface area (Å²) in [6.07, 6.45) is -1.38. The van der Waals surface area contributed by atoms with Crippen molar-refractivity contribution in [2.24, 2.45) is 0 Å². The van der Waals surface area contributed by atoms with Gasteiger partial charge in [-0.2, -0.15) is 8.78 Å². The Morgan fingerprint density at radius 3 is 2.04 bits per heavy atom. The molecule has 2 rings (SSSR count). The van der Waals surface area contributed by atoms with Crippen molar-refractivity contribution in [2.45, 2.75) is 18.2 Å². The molecule has 0 aliphatic heterocycles. The largest absolute Gasteiger partial charge is 0.457 e. The van der Waals surface area contributed by atoms with E-state index in [1.54, 1.807) is 0 Å². The van der Waals surface area contributed by atoms with Crippen molar-refractivity contribution in [3.63, 3.8) is 0 Å². The van der Waals surface area contributed by atoms with Crippen LogP contribution in [0.3, 0.4) is 0 Å². The summed E-state index contributed by atoms with van der Waals surface area (Å²) in [6.45, 7) is 0. The molecule has 0 unspecified atom stereocenters. The molecule has 8 heteroatoms. The maximum atomic E-state index is 13.1. The molecule has 0 amide bonds. The van der Waals surface area contributed by atoms with Crippen molar-refractivity contribution in [1.29, 1.82) is 0 Å². The first kappa shape index (κ1) is 18.1. The van der Waals surface area contributed by atoms with E-state index in [-0.39, 0.29) is 17.2 Å². The lowest BCUT2D eigenvalue weighted by molar-refractivity contribution is -0.135. The van der Waals surface area contributed by atoms with E-state index in [2.05, 4.69) is 11.6 Å². The second-order valence-corrected chi connectivity index (χ2v) is 5.32. The molecule has 24 heavy (non-hydrogen) atoms. The summed E-state index contributed by atoms with van der Waals surface area (Å²) < 4.78 is 61.1. The van der Waals surface area contributed by atoms with Crippen LogP contribution in [0, 0.1) is 11.6 Å². The van der Waals surface area contributed by atoms with Crippen LogP contribution in [0.4, 0.5) is 17.6 Å². The van der Waals surface area contributed by atoms with Gasteiger partial charge in [-0.05, 0) is 35.9 Å². The van der Waals surface area contributed by atoms with Gasteiger partial charge < -0.3 is 9.47 Å². The zero-order valence-electron chi connectivity index (χ0n) is 12.1. The summed E-state index contributed by atoms with van der Waals surface area (Å²) in [5.74, 6) is -2.13. The normalized spacial score (nSPS) is 11.2. The van der Waals surface area contributed by atoms with Crippen LogP contribution in [-0.2, 0) is 4.79 Å². The Kier molecular flexibility index (Phi) is 5.66. The number of esters is 1. The molecule has 0 heterocycles. The van der Waals surface area contributed by atoms with Crippen LogP contribution >= 0.6 is 11.6 Å². The van der Waals surface area contributed by atoms with Crippen molar-refractivity contribution in [2.75, 3.05) is 0 Å². The number of halogens is 5. The van der Waals surface area contributed by atoms with Crippen molar-refractivity contribution in [3.05, 3.63) is 54.1 Å². The number of hydrogen-bond acceptors (Lipinski definition) is 3. The third kappa shape index (κ3) is 6.08. The van der Waals surface area contributed by atoms with Crippen LogP contribution in [0.25, 0.3) is 0 Å². The highest BCUT2D eigenvalue weighted by Crippen LogP contribution is 2.27. The van der Waals surface area contributed by atoms with Crippen LogP contribution in [0.15, 0.2) is 42.5 Å². The Morgan fingerprint density at radius 2 is 1.50 bits per heavy atom. The average Bonchev–Trinajstić information content (AvgIpc) is 2.45. The van der Waals surface area contributed by atoms with Gasteiger partial charge in [0, 0.05) is 24.6 Å². The van der Waals surface area contributed by atoms with E-state index in [4.69, 9.17) is 9.47 Å². The highest BCUT2D eigenvalue weighted by atomic mass is 35.5. The molecule has 0 radical (unpaired) electrons. The number of carbonyl (C=O) groups excluding carboxylic acids is 1. The van der Waals surface area contributed by atoms with E-state index in [0.29, 0.717) is 6.07 Å². The maximum absolute atomic E-state index is 13.1. The molecule has 0 aromatic heterocycles. The molecular weight excluding hydrogens is 352 g/mol. The number of rotatable bonds is 6. The van der Waals surface area contributed by atoms with Gasteiger partial charge in [-0.3, -0.25) is 4.79 Å².